The Bertz CT molecular complexity index is 465. The fourth-order valence-corrected chi connectivity index (χ4v) is 2.30. The highest BCUT2D eigenvalue weighted by molar-refractivity contribution is 7.08. The number of hydrogen-bond acceptors (Lipinski definition) is 4. The summed E-state index contributed by atoms with van der Waals surface area (Å²) in [5.41, 5.74) is 3.79. The number of aryl methyl sites for hydroxylation is 1. The number of hydrogen-bond donors (Lipinski definition) is 2. The zero-order valence-electron chi connectivity index (χ0n) is 9.45. The summed E-state index contributed by atoms with van der Waals surface area (Å²) >= 11 is 1.74. The first-order valence-corrected chi connectivity index (χ1v) is 6.13. The van der Waals surface area contributed by atoms with Gasteiger partial charge in [0.2, 0.25) is 0 Å². The molecule has 0 saturated heterocycles. The van der Waals surface area contributed by atoms with Gasteiger partial charge in [0.05, 0.1) is 0 Å². The topological polar surface area (TPSA) is 37.0 Å². The van der Waals surface area contributed by atoms with Crippen LogP contribution in [0.1, 0.15) is 11.1 Å². The molecule has 0 radical (unpaired) electrons. The van der Waals surface area contributed by atoms with E-state index in [-0.39, 0.29) is 0 Å². The Hall–Kier alpha value is -1.55. The highest BCUT2D eigenvalue weighted by Gasteiger charge is 1.99. The first kappa shape index (κ1) is 11.0. The second-order valence-electron chi connectivity index (χ2n) is 3.61. The molecule has 0 spiro atoms. The Kier molecular flexibility index (Phi) is 3.41. The molecule has 0 aliphatic carbocycles. The zero-order chi connectivity index (χ0) is 11.4. The van der Waals surface area contributed by atoms with Crippen molar-refractivity contribution in [3.63, 3.8) is 0 Å². The van der Waals surface area contributed by atoms with Crippen LogP contribution in [0.2, 0.25) is 0 Å². The molecule has 0 saturated carbocycles. The molecule has 2 N–H and O–H groups in total. The van der Waals surface area contributed by atoms with E-state index >= 15 is 0 Å². The summed E-state index contributed by atoms with van der Waals surface area (Å²) in [6.45, 7) is 3.00. The normalized spacial score (nSPS) is 10.1. The summed E-state index contributed by atoms with van der Waals surface area (Å²) in [6, 6.07) is 3.98. The summed E-state index contributed by atoms with van der Waals surface area (Å²) in [7, 11) is 1.87. The largest absolute Gasteiger partial charge is 0.381 e. The van der Waals surface area contributed by atoms with Crippen molar-refractivity contribution in [1.29, 1.82) is 0 Å². The standard InChI is InChI=1S/C12H15N3S/c1-9-7-16-8-10(9)6-15-11-3-4-14-12(5-11)13-2/h3-5,7-8H,6H2,1-2H3,(H2,13,14,15). The van der Waals surface area contributed by atoms with Gasteiger partial charge in [-0.2, -0.15) is 11.3 Å². The minimum atomic E-state index is 0.864. The molecule has 0 aliphatic heterocycles. The molecule has 0 amide bonds. The summed E-state index contributed by atoms with van der Waals surface area (Å²) in [4.78, 5) is 4.17. The van der Waals surface area contributed by atoms with Gasteiger partial charge in [0, 0.05) is 31.5 Å². The first-order valence-electron chi connectivity index (χ1n) is 5.19. The quantitative estimate of drug-likeness (QED) is 0.852. The first-order chi connectivity index (χ1) is 7.79. The van der Waals surface area contributed by atoms with Gasteiger partial charge in [-0.25, -0.2) is 4.98 Å². The third-order valence-electron chi connectivity index (χ3n) is 2.46. The maximum atomic E-state index is 4.17. The van der Waals surface area contributed by atoms with Crippen molar-refractivity contribution >= 4 is 22.8 Å². The SMILES string of the molecule is CNc1cc(NCc2cscc2C)ccn1. The van der Waals surface area contributed by atoms with Crippen LogP contribution in [-0.4, -0.2) is 12.0 Å². The second kappa shape index (κ2) is 4.99. The van der Waals surface area contributed by atoms with Crippen LogP contribution in [0.4, 0.5) is 11.5 Å². The van der Waals surface area contributed by atoms with Gasteiger partial charge in [-0.1, -0.05) is 0 Å². The highest BCUT2D eigenvalue weighted by atomic mass is 32.1. The zero-order valence-corrected chi connectivity index (χ0v) is 10.3. The molecular formula is C12H15N3S. The number of thiophene rings is 1. The molecule has 2 rings (SSSR count). The molecule has 0 atom stereocenters. The smallest absolute Gasteiger partial charge is 0.127 e. The molecule has 2 aromatic heterocycles. The maximum Gasteiger partial charge on any atom is 0.127 e. The van der Waals surface area contributed by atoms with E-state index in [2.05, 4.69) is 33.3 Å². The van der Waals surface area contributed by atoms with E-state index in [0.717, 1.165) is 18.1 Å². The average molecular weight is 233 g/mol. The summed E-state index contributed by atoms with van der Waals surface area (Å²) in [5, 5.41) is 10.8. The van der Waals surface area contributed by atoms with Gasteiger partial charge >= 0.3 is 0 Å². The van der Waals surface area contributed by atoms with E-state index in [1.54, 1.807) is 17.5 Å². The Labute approximate surface area is 99.5 Å². The third kappa shape index (κ3) is 2.52. The minimum absolute atomic E-state index is 0.864. The van der Waals surface area contributed by atoms with Crippen molar-refractivity contribution in [2.24, 2.45) is 0 Å². The van der Waals surface area contributed by atoms with Crippen molar-refractivity contribution in [3.8, 4) is 0 Å². The van der Waals surface area contributed by atoms with Crippen LogP contribution in [0.3, 0.4) is 0 Å². The number of nitrogens with zero attached hydrogens (tertiary/aromatic N) is 1. The van der Waals surface area contributed by atoms with Crippen LogP contribution < -0.4 is 10.6 Å². The lowest BCUT2D eigenvalue weighted by Crippen LogP contribution is -2.00. The molecule has 0 bridgehead atoms. The molecule has 3 nitrogen and oxygen atoms in total. The Morgan fingerprint density at radius 1 is 1.38 bits per heavy atom. The highest BCUT2D eigenvalue weighted by Crippen LogP contribution is 2.17. The van der Waals surface area contributed by atoms with E-state index < -0.39 is 0 Å². The fraction of sp³-hybridized carbons (Fsp3) is 0.250. The van der Waals surface area contributed by atoms with Gasteiger partial charge in [0.1, 0.15) is 5.82 Å². The van der Waals surface area contributed by atoms with Crippen LogP contribution in [0.15, 0.2) is 29.1 Å². The molecule has 0 fully saturated rings. The van der Waals surface area contributed by atoms with Crippen LogP contribution >= 0.6 is 11.3 Å². The van der Waals surface area contributed by atoms with E-state index in [1.165, 1.54) is 11.1 Å². The minimum Gasteiger partial charge on any atom is -0.381 e. The van der Waals surface area contributed by atoms with Crippen LogP contribution in [0, 0.1) is 6.92 Å². The van der Waals surface area contributed by atoms with E-state index in [9.17, 15) is 0 Å². The molecule has 0 aromatic carbocycles. The van der Waals surface area contributed by atoms with Crippen molar-refractivity contribution in [2.45, 2.75) is 13.5 Å². The molecule has 4 heteroatoms. The van der Waals surface area contributed by atoms with Crippen molar-refractivity contribution in [2.75, 3.05) is 17.7 Å². The lowest BCUT2D eigenvalue weighted by Gasteiger charge is -2.07. The fourth-order valence-electron chi connectivity index (χ4n) is 1.44. The Balaban J connectivity index is 2.02. The van der Waals surface area contributed by atoms with Crippen molar-refractivity contribution in [1.82, 2.24) is 4.98 Å². The third-order valence-corrected chi connectivity index (χ3v) is 3.37. The van der Waals surface area contributed by atoms with E-state index in [1.807, 2.05) is 19.2 Å². The number of aromatic nitrogens is 1. The van der Waals surface area contributed by atoms with Crippen LogP contribution in [-0.2, 0) is 6.54 Å². The maximum absolute atomic E-state index is 4.17. The molecule has 0 aliphatic rings. The summed E-state index contributed by atoms with van der Waals surface area (Å²) in [6.07, 6.45) is 1.80. The molecule has 2 heterocycles. The summed E-state index contributed by atoms with van der Waals surface area (Å²) in [5.74, 6) is 0.882. The van der Waals surface area contributed by atoms with Gasteiger partial charge in [-0.15, -0.1) is 0 Å². The van der Waals surface area contributed by atoms with Gasteiger partial charge in [0.25, 0.3) is 0 Å². The van der Waals surface area contributed by atoms with E-state index in [0.29, 0.717) is 0 Å². The average Bonchev–Trinajstić information content (AvgIpc) is 2.72. The molecule has 2 aromatic rings. The molecular weight excluding hydrogens is 218 g/mol. The molecule has 0 unspecified atom stereocenters. The second-order valence-corrected chi connectivity index (χ2v) is 4.36. The van der Waals surface area contributed by atoms with Gasteiger partial charge in [-0.05, 0) is 34.9 Å². The van der Waals surface area contributed by atoms with Gasteiger partial charge in [0.15, 0.2) is 0 Å². The monoisotopic (exact) mass is 233 g/mol. The lowest BCUT2D eigenvalue weighted by molar-refractivity contribution is 1.13. The van der Waals surface area contributed by atoms with E-state index in [4.69, 9.17) is 0 Å². The van der Waals surface area contributed by atoms with Crippen molar-refractivity contribution < 1.29 is 0 Å². The Morgan fingerprint density at radius 2 is 2.25 bits per heavy atom. The lowest BCUT2D eigenvalue weighted by atomic mass is 10.2. The Morgan fingerprint density at radius 3 is 2.94 bits per heavy atom. The van der Waals surface area contributed by atoms with Gasteiger partial charge < -0.3 is 10.6 Å². The number of rotatable bonds is 4. The molecule has 16 heavy (non-hydrogen) atoms. The predicted octanol–water partition coefficient (Wildman–Crippen LogP) is 3.11. The number of nitrogens with one attached hydrogen (secondary N) is 2. The number of anilines is 2. The summed E-state index contributed by atoms with van der Waals surface area (Å²) < 4.78 is 0. The number of pyridine rings is 1. The van der Waals surface area contributed by atoms with Crippen LogP contribution in [0.5, 0.6) is 0 Å². The van der Waals surface area contributed by atoms with Crippen molar-refractivity contribution in [3.05, 3.63) is 40.2 Å². The molecule has 84 valence electrons. The predicted molar refractivity (Wildman–Crippen MR) is 70.2 cm³/mol. The van der Waals surface area contributed by atoms with Gasteiger partial charge in [-0.3, -0.25) is 0 Å². The van der Waals surface area contributed by atoms with Crippen LogP contribution in [0.25, 0.3) is 0 Å².